The highest BCUT2D eigenvalue weighted by atomic mass is 16.2. The second kappa shape index (κ2) is 4.58. The van der Waals surface area contributed by atoms with Crippen molar-refractivity contribution in [2.75, 3.05) is 32.1 Å². The van der Waals surface area contributed by atoms with Gasteiger partial charge in [-0.25, -0.2) is 5.01 Å². The Morgan fingerprint density at radius 2 is 1.71 bits per heavy atom. The van der Waals surface area contributed by atoms with Crippen molar-refractivity contribution in [2.45, 2.75) is 13.8 Å². The summed E-state index contributed by atoms with van der Waals surface area (Å²) in [5.41, 5.74) is 3.56. The maximum absolute atomic E-state index is 12.6. The van der Waals surface area contributed by atoms with E-state index in [-0.39, 0.29) is 18.4 Å². The summed E-state index contributed by atoms with van der Waals surface area (Å²) >= 11 is 0. The predicted octanol–water partition coefficient (Wildman–Crippen LogP) is 0.981. The second-order valence-corrected chi connectivity index (χ2v) is 5.63. The molecule has 0 bridgehead atoms. The van der Waals surface area contributed by atoms with Crippen molar-refractivity contribution >= 4 is 23.3 Å². The molecule has 0 atom stereocenters. The number of aryl methyl sites for hydroxylation is 2. The van der Waals surface area contributed by atoms with Crippen LogP contribution in [0.4, 0.5) is 5.69 Å². The molecule has 21 heavy (non-hydrogen) atoms. The van der Waals surface area contributed by atoms with Crippen molar-refractivity contribution in [3.05, 3.63) is 28.8 Å². The minimum atomic E-state index is -0.0834. The third-order valence-electron chi connectivity index (χ3n) is 4.09. The number of amidine groups is 1. The van der Waals surface area contributed by atoms with Gasteiger partial charge in [-0.3, -0.25) is 9.59 Å². The van der Waals surface area contributed by atoms with Crippen LogP contribution >= 0.6 is 0 Å². The van der Waals surface area contributed by atoms with E-state index in [9.17, 15) is 9.59 Å². The Kier molecular flexibility index (Phi) is 2.97. The largest absolute Gasteiger partial charge is 0.334 e. The quantitative estimate of drug-likeness (QED) is 0.714. The molecule has 0 saturated carbocycles. The van der Waals surface area contributed by atoms with Gasteiger partial charge in [0.1, 0.15) is 12.4 Å². The van der Waals surface area contributed by atoms with Gasteiger partial charge in [-0.1, -0.05) is 0 Å². The summed E-state index contributed by atoms with van der Waals surface area (Å²) < 4.78 is 0. The third kappa shape index (κ3) is 2.07. The van der Waals surface area contributed by atoms with Crippen molar-refractivity contribution in [3.63, 3.8) is 0 Å². The Morgan fingerprint density at radius 3 is 2.43 bits per heavy atom. The monoisotopic (exact) mass is 286 g/mol. The molecular weight excluding hydrogens is 268 g/mol. The summed E-state index contributed by atoms with van der Waals surface area (Å²) in [5, 5.41) is 5.66. The molecule has 2 aliphatic heterocycles. The lowest BCUT2D eigenvalue weighted by atomic mass is 10.0. The highest BCUT2D eigenvalue weighted by Gasteiger charge is 2.33. The van der Waals surface area contributed by atoms with Gasteiger partial charge in [-0.05, 0) is 37.1 Å². The maximum atomic E-state index is 12.6. The van der Waals surface area contributed by atoms with Crippen molar-refractivity contribution in [1.82, 2.24) is 9.91 Å². The van der Waals surface area contributed by atoms with Crippen LogP contribution in [0.5, 0.6) is 0 Å². The molecule has 0 aliphatic carbocycles. The fourth-order valence-electron chi connectivity index (χ4n) is 2.64. The molecule has 2 aliphatic rings. The molecule has 0 spiro atoms. The zero-order chi connectivity index (χ0) is 15.3. The highest BCUT2D eigenvalue weighted by Crippen LogP contribution is 2.30. The summed E-state index contributed by atoms with van der Waals surface area (Å²) in [7, 11) is 3.39. The van der Waals surface area contributed by atoms with Crippen molar-refractivity contribution in [1.29, 1.82) is 0 Å². The zero-order valence-electron chi connectivity index (χ0n) is 12.7. The minimum absolute atomic E-state index is 0.0414. The van der Waals surface area contributed by atoms with E-state index in [1.807, 2.05) is 30.9 Å². The van der Waals surface area contributed by atoms with Gasteiger partial charge < -0.3 is 9.80 Å². The lowest BCUT2D eigenvalue weighted by Gasteiger charge is -2.31. The molecule has 3 rings (SSSR count). The molecule has 0 radical (unpaired) electrons. The molecule has 2 heterocycles. The van der Waals surface area contributed by atoms with Gasteiger partial charge in [0, 0.05) is 14.1 Å². The number of likely N-dealkylation sites (N-methyl/N-ethyl adjacent to an activating group) is 2. The van der Waals surface area contributed by atoms with E-state index in [0.717, 1.165) is 22.6 Å². The number of hydrogen-bond donors (Lipinski definition) is 0. The van der Waals surface area contributed by atoms with Gasteiger partial charge in [-0.15, -0.1) is 0 Å². The molecular formula is C15H18N4O2. The number of amides is 2. The number of hydrogen-bond acceptors (Lipinski definition) is 4. The Bertz CT molecular complexity index is 680. The first kappa shape index (κ1) is 13.6. The molecule has 0 saturated heterocycles. The summed E-state index contributed by atoms with van der Waals surface area (Å²) in [6, 6.07) is 3.87. The van der Waals surface area contributed by atoms with Crippen LogP contribution in [0.15, 0.2) is 17.2 Å². The van der Waals surface area contributed by atoms with Crippen molar-refractivity contribution in [3.8, 4) is 0 Å². The summed E-state index contributed by atoms with van der Waals surface area (Å²) in [5.74, 6) is 0.593. The van der Waals surface area contributed by atoms with E-state index in [1.165, 1.54) is 5.01 Å². The van der Waals surface area contributed by atoms with Crippen molar-refractivity contribution < 1.29 is 9.59 Å². The van der Waals surface area contributed by atoms with Gasteiger partial charge in [0.2, 0.25) is 0 Å². The lowest BCUT2D eigenvalue weighted by molar-refractivity contribution is -0.128. The fourth-order valence-corrected chi connectivity index (χ4v) is 2.64. The molecule has 0 N–H and O–H groups in total. The van der Waals surface area contributed by atoms with Gasteiger partial charge in [0.15, 0.2) is 0 Å². The Balaban J connectivity index is 2.23. The lowest BCUT2D eigenvalue weighted by Crippen LogP contribution is -2.48. The molecule has 0 aromatic heterocycles. The molecule has 6 nitrogen and oxygen atoms in total. The maximum Gasteiger partial charge on any atom is 0.262 e. The molecule has 110 valence electrons. The van der Waals surface area contributed by atoms with Crippen LogP contribution in [-0.2, 0) is 4.79 Å². The van der Waals surface area contributed by atoms with E-state index >= 15 is 0 Å². The first-order valence-corrected chi connectivity index (χ1v) is 6.86. The van der Waals surface area contributed by atoms with E-state index in [4.69, 9.17) is 0 Å². The normalized spacial score (nSPS) is 18.3. The Hall–Kier alpha value is -2.37. The molecule has 6 heteroatoms. The van der Waals surface area contributed by atoms with Crippen LogP contribution in [0, 0.1) is 13.8 Å². The second-order valence-electron chi connectivity index (χ2n) is 5.63. The Morgan fingerprint density at radius 1 is 1.05 bits per heavy atom. The van der Waals surface area contributed by atoms with Gasteiger partial charge in [0.25, 0.3) is 11.8 Å². The summed E-state index contributed by atoms with van der Waals surface area (Å²) in [6.45, 7) is 4.59. The zero-order valence-corrected chi connectivity index (χ0v) is 12.7. The standard InChI is InChI=1S/C15H18N4O2/c1-9-5-11-12(6-10(9)2)19-8-14(20)18(4)16-13(19)7-17(3)15(11)21/h5-6H,7-8H2,1-4H3. The number of carbonyl (C=O) groups excluding carboxylic acids is 2. The van der Waals surface area contributed by atoms with Crippen molar-refractivity contribution in [2.24, 2.45) is 5.10 Å². The van der Waals surface area contributed by atoms with Gasteiger partial charge >= 0.3 is 0 Å². The predicted molar refractivity (Wildman–Crippen MR) is 80.4 cm³/mol. The number of rotatable bonds is 0. The molecule has 0 unspecified atom stereocenters. The molecule has 2 amide bonds. The number of benzene rings is 1. The average molecular weight is 286 g/mol. The van der Waals surface area contributed by atoms with Gasteiger partial charge in [0.05, 0.1) is 17.8 Å². The van der Waals surface area contributed by atoms with Crippen LogP contribution in [0.1, 0.15) is 21.5 Å². The first-order valence-electron chi connectivity index (χ1n) is 6.86. The van der Waals surface area contributed by atoms with Crippen LogP contribution < -0.4 is 4.90 Å². The van der Waals surface area contributed by atoms with E-state index in [0.29, 0.717) is 12.1 Å². The molecule has 1 aromatic carbocycles. The van der Waals surface area contributed by atoms with E-state index in [1.54, 1.807) is 19.0 Å². The summed E-state index contributed by atoms with van der Waals surface area (Å²) in [4.78, 5) is 28.0. The Labute approximate surface area is 123 Å². The highest BCUT2D eigenvalue weighted by molar-refractivity contribution is 6.14. The smallest absolute Gasteiger partial charge is 0.262 e. The number of fused-ring (bicyclic) bond motifs is 3. The number of anilines is 1. The SMILES string of the molecule is Cc1cc2c(cc1C)N1CC(=O)N(C)N=C1CN(C)C2=O. The van der Waals surface area contributed by atoms with E-state index < -0.39 is 0 Å². The topological polar surface area (TPSA) is 56.2 Å². The number of hydrazone groups is 1. The van der Waals surface area contributed by atoms with Crippen LogP contribution in [-0.4, -0.2) is 54.7 Å². The van der Waals surface area contributed by atoms with Gasteiger partial charge in [-0.2, -0.15) is 5.10 Å². The van der Waals surface area contributed by atoms with Crippen LogP contribution in [0.25, 0.3) is 0 Å². The number of carbonyl (C=O) groups is 2. The first-order chi connectivity index (χ1) is 9.88. The molecule has 0 fully saturated rings. The average Bonchev–Trinajstić information content (AvgIpc) is 2.51. The number of nitrogens with zero attached hydrogens (tertiary/aromatic N) is 4. The minimum Gasteiger partial charge on any atom is -0.334 e. The van der Waals surface area contributed by atoms with E-state index in [2.05, 4.69) is 5.10 Å². The molecule has 1 aromatic rings. The van der Waals surface area contributed by atoms with Crippen LogP contribution in [0.2, 0.25) is 0 Å². The van der Waals surface area contributed by atoms with Crippen LogP contribution in [0.3, 0.4) is 0 Å². The fraction of sp³-hybridized carbons (Fsp3) is 0.400. The third-order valence-corrected chi connectivity index (χ3v) is 4.09. The summed E-state index contributed by atoms with van der Waals surface area (Å²) in [6.07, 6.45) is 0.